The molecule has 3 rings (SSSR count). The van der Waals surface area contributed by atoms with Crippen LogP contribution in [0, 0.1) is 0 Å². The van der Waals surface area contributed by atoms with Gasteiger partial charge < -0.3 is 10.0 Å². The van der Waals surface area contributed by atoms with Crippen LogP contribution in [-0.2, 0) is 5.41 Å². The third-order valence-corrected chi connectivity index (χ3v) is 5.24. The van der Waals surface area contributed by atoms with Crippen LogP contribution in [0.4, 0.5) is 5.13 Å². The Morgan fingerprint density at radius 3 is 2.70 bits per heavy atom. The molecule has 3 heterocycles. The second kappa shape index (κ2) is 6.03. The van der Waals surface area contributed by atoms with Crippen molar-refractivity contribution in [3.8, 4) is 0 Å². The highest BCUT2D eigenvalue weighted by Gasteiger charge is 2.27. The lowest BCUT2D eigenvalue weighted by molar-refractivity contribution is 0.114. The predicted octanol–water partition coefficient (Wildman–Crippen LogP) is 1.98. The van der Waals surface area contributed by atoms with E-state index in [0.29, 0.717) is 6.04 Å². The van der Waals surface area contributed by atoms with E-state index in [4.69, 9.17) is 10.1 Å². The molecule has 0 aromatic carbocycles. The molecule has 1 aliphatic heterocycles. The number of aromatic nitrogens is 3. The lowest BCUT2D eigenvalue weighted by Gasteiger charge is -2.39. The van der Waals surface area contributed by atoms with Crippen LogP contribution in [0.2, 0.25) is 0 Å². The van der Waals surface area contributed by atoms with Gasteiger partial charge in [-0.15, -0.1) is 5.10 Å². The molecule has 2 aromatic heterocycles. The van der Waals surface area contributed by atoms with E-state index in [0.717, 1.165) is 42.0 Å². The van der Waals surface area contributed by atoms with Gasteiger partial charge in [0.1, 0.15) is 0 Å². The van der Waals surface area contributed by atoms with Crippen LogP contribution in [0.3, 0.4) is 0 Å². The first-order chi connectivity index (χ1) is 10.7. The number of aliphatic hydroxyl groups is 1. The summed E-state index contributed by atoms with van der Waals surface area (Å²) in [6, 6.07) is 0.389. The number of rotatable bonds is 3. The van der Waals surface area contributed by atoms with Gasteiger partial charge in [-0.05, 0) is 13.8 Å². The van der Waals surface area contributed by atoms with Crippen molar-refractivity contribution in [3.63, 3.8) is 0 Å². The van der Waals surface area contributed by atoms with Gasteiger partial charge >= 0.3 is 0 Å². The summed E-state index contributed by atoms with van der Waals surface area (Å²) in [5, 5.41) is 15.3. The van der Waals surface area contributed by atoms with Crippen LogP contribution in [-0.4, -0.2) is 62.9 Å². The fourth-order valence-electron chi connectivity index (χ4n) is 3.02. The maximum Gasteiger partial charge on any atom is 0.214 e. The molecule has 0 aliphatic carbocycles. The van der Waals surface area contributed by atoms with Gasteiger partial charge in [-0.1, -0.05) is 32.1 Å². The van der Waals surface area contributed by atoms with Crippen molar-refractivity contribution in [2.24, 2.45) is 0 Å². The Morgan fingerprint density at radius 1 is 1.39 bits per heavy atom. The van der Waals surface area contributed by atoms with E-state index in [-0.39, 0.29) is 11.5 Å². The molecular formula is C16H27N5OS. The van der Waals surface area contributed by atoms with Gasteiger partial charge in [0.2, 0.25) is 10.1 Å². The van der Waals surface area contributed by atoms with E-state index in [1.165, 1.54) is 0 Å². The Labute approximate surface area is 141 Å². The van der Waals surface area contributed by atoms with Crippen LogP contribution in [0.25, 0.3) is 4.96 Å². The fraction of sp³-hybridized carbons (Fsp3) is 0.750. The Hall–Kier alpha value is -1.18. The normalized spacial score (nSPS) is 22.0. The molecule has 23 heavy (non-hydrogen) atoms. The molecule has 2 unspecified atom stereocenters. The molecule has 0 saturated carbocycles. The molecular weight excluding hydrogens is 310 g/mol. The summed E-state index contributed by atoms with van der Waals surface area (Å²) < 4.78 is 1.91. The standard InChI is InChI=1S/C16H27N5OS/c1-11-8-19(9-12(2)22)6-7-20(11)15-18-21-10-13(16(3,4)5)17-14(21)23-15/h10-12,22H,6-9H2,1-5H3. The first-order valence-electron chi connectivity index (χ1n) is 8.28. The number of anilines is 1. The summed E-state index contributed by atoms with van der Waals surface area (Å²) in [6.07, 6.45) is 1.77. The summed E-state index contributed by atoms with van der Waals surface area (Å²) in [6.45, 7) is 14.2. The largest absolute Gasteiger partial charge is 0.392 e. The minimum Gasteiger partial charge on any atom is -0.392 e. The molecule has 1 N–H and O–H groups in total. The van der Waals surface area contributed by atoms with E-state index in [2.05, 4.69) is 37.5 Å². The number of hydrogen-bond acceptors (Lipinski definition) is 6. The van der Waals surface area contributed by atoms with Crippen LogP contribution in [0.15, 0.2) is 6.20 Å². The Bertz CT molecular complexity index is 640. The maximum absolute atomic E-state index is 9.56. The first kappa shape index (κ1) is 16.7. The van der Waals surface area contributed by atoms with E-state index in [1.54, 1.807) is 11.3 Å². The van der Waals surface area contributed by atoms with Gasteiger partial charge in [0.05, 0.1) is 18.0 Å². The molecule has 2 aromatic rings. The molecule has 1 aliphatic rings. The van der Waals surface area contributed by atoms with Crippen molar-refractivity contribution in [1.82, 2.24) is 19.5 Å². The van der Waals surface area contributed by atoms with Gasteiger partial charge in [0, 0.05) is 37.6 Å². The molecule has 0 bridgehead atoms. The summed E-state index contributed by atoms with van der Waals surface area (Å²) in [4.78, 5) is 10.4. The van der Waals surface area contributed by atoms with Crippen LogP contribution >= 0.6 is 11.3 Å². The highest BCUT2D eigenvalue weighted by atomic mass is 32.1. The third-order valence-electron chi connectivity index (χ3n) is 4.28. The predicted molar refractivity (Wildman–Crippen MR) is 94.5 cm³/mol. The van der Waals surface area contributed by atoms with E-state index in [9.17, 15) is 5.11 Å². The number of imidazole rings is 1. The summed E-state index contributed by atoms with van der Waals surface area (Å²) in [7, 11) is 0. The Kier molecular flexibility index (Phi) is 4.37. The Morgan fingerprint density at radius 2 is 2.13 bits per heavy atom. The molecule has 6 nitrogen and oxygen atoms in total. The molecule has 7 heteroatoms. The number of piperazine rings is 1. The van der Waals surface area contributed by atoms with Crippen LogP contribution < -0.4 is 4.90 Å². The Balaban J connectivity index is 1.75. The van der Waals surface area contributed by atoms with Gasteiger partial charge in [-0.3, -0.25) is 4.90 Å². The highest BCUT2D eigenvalue weighted by molar-refractivity contribution is 7.20. The smallest absolute Gasteiger partial charge is 0.214 e. The average Bonchev–Trinajstić information content (AvgIpc) is 2.95. The van der Waals surface area contributed by atoms with Crippen molar-refractivity contribution < 1.29 is 5.11 Å². The van der Waals surface area contributed by atoms with E-state index in [1.807, 2.05) is 17.6 Å². The minimum absolute atomic E-state index is 0.0491. The molecule has 128 valence electrons. The second-order valence-electron chi connectivity index (χ2n) is 7.64. The van der Waals surface area contributed by atoms with Crippen molar-refractivity contribution in [3.05, 3.63) is 11.9 Å². The average molecular weight is 337 g/mol. The minimum atomic E-state index is -0.271. The first-order valence-corrected chi connectivity index (χ1v) is 9.09. The number of hydrogen-bond donors (Lipinski definition) is 1. The lowest BCUT2D eigenvalue weighted by atomic mass is 9.93. The molecule has 1 saturated heterocycles. The van der Waals surface area contributed by atoms with Crippen molar-refractivity contribution in [1.29, 1.82) is 0 Å². The molecule has 0 amide bonds. The zero-order valence-electron chi connectivity index (χ0n) is 14.7. The molecule has 1 fully saturated rings. The number of β-amino-alcohol motifs (C(OH)–C–C–N with tert-alkyl or cyclic N) is 1. The topological polar surface area (TPSA) is 56.9 Å². The van der Waals surface area contributed by atoms with E-state index < -0.39 is 0 Å². The summed E-state index contributed by atoms with van der Waals surface area (Å²) >= 11 is 1.66. The molecule has 0 radical (unpaired) electrons. The maximum atomic E-state index is 9.56. The number of nitrogens with zero attached hydrogens (tertiary/aromatic N) is 5. The zero-order chi connectivity index (χ0) is 16.8. The number of fused-ring (bicyclic) bond motifs is 1. The molecule has 2 atom stereocenters. The molecule has 0 spiro atoms. The van der Waals surface area contributed by atoms with Gasteiger partial charge in [-0.2, -0.15) is 0 Å². The van der Waals surface area contributed by atoms with Gasteiger partial charge in [0.15, 0.2) is 0 Å². The number of aliphatic hydroxyl groups excluding tert-OH is 1. The van der Waals surface area contributed by atoms with Crippen molar-refractivity contribution in [2.75, 3.05) is 31.1 Å². The van der Waals surface area contributed by atoms with E-state index >= 15 is 0 Å². The lowest BCUT2D eigenvalue weighted by Crippen LogP contribution is -2.53. The van der Waals surface area contributed by atoms with Crippen molar-refractivity contribution in [2.45, 2.75) is 52.2 Å². The van der Waals surface area contributed by atoms with Gasteiger partial charge in [0.25, 0.3) is 0 Å². The fourth-order valence-corrected chi connectivity index (χ4v) is 4.04. The zero-order valence-corrected chi connectivity index (χ0v) is 15.5. The summed E-state index contributed by atoms with van der Waals surface area (Å²) in [5.74, 6) is 0. The van der Waals surface area contributed by atoms with Gasteiger partial charge in [-0.25, -0.2) is 9.50 Å². The van der Waals surface area contributed by atoms with Crippen LogP contribution in [0.5, 0.6) is 0 Å². The van der Waals surface area contributed by atoms with Crippen molar-refractivity contribution >= 4 is 21.4 Å². The summed E-state index contributed by atoms with van der Waals surface area (Å²) in [5.41, 5.74) is 1.13. The third kappa shape index (κ3) is 3.51. The second-order valence-corrected chi connectivity index (χ2v) is 8.57. The quantitative estimate of drug-likeness (QED) is 0.928. The van der Waals surface area contributed by atoms with Crippen LogP contribution in [0.1, 0.15) is 40.3 Å². The monoisotopic (exact) mass is 337 g/mol. The highest BCUT2D eigenvalue weighted by Crippen LogP contribution is 2.29. The SMILES string of the molecule is CC(O)CN1CCN(c2nn3cc(C(C)(C)C)nc3s2)C(C)C1.